The Morgan fingerprint density at radius 3 is 2.65 bits per heavy atom. The van der Waals surface area contributed by atoms with Gasteiger partial charge in [-0.1, -0.05) is 19.8 Å². The quantitative estimate of drug-likeness (QED) is 0.588. The van der Waals surface area contributed by atoms with Crippen LogP contribution in [0.15, 0.2) is 18.2 Å². The standard InChI is InChI=1S/C13H20N2O2/c1-3-4-5-8-15(2)12-7-6-10(13(16)17)9-11(12)14/h6-7,9H,3-5,8,14H2,1-2H3,(H,16,17). The van der Waals surface area contributed by atoms with Gasteiger partial charge in [0.15, 0.2) is 0 Å². The highest BCUT2D eigenvalue weighted by Gasteiger charge is 2.09. The fourth-order valence-electron chi connectivity index (χ4n) is 1.75. The van der Waals surface area contributed by atoms with E-state index >= 15 is 0 Å². The molecule has 94 valence electrons. The van der Waals surface area contributed by atoms with Gasteiger partial charge >= 0.3 is 5.97 Å². The van der Waals surface area contributed by atoms with E-state index in [0.29, 0.717) is 5.69 Å². The van der Waals surface area contributed by atoms with Crippen molar-refractivity contribution in [3.8, 4) is 0 Å². The minimum absolute atomic E-state index is 0.230. The molecule has 0 amide bonds. The first-order chi connectivity index (χ1) is 8.06. The average Bonchev–Trinajstić information content (AvgIpc) is 2.28. The first-order valence-corrected chi connectivity index (χ1v) is 5.90. The van der Waals surface area contributed by atoms with Crippen LogP contribution in [0.4, 0.5) is 11.4 Å². The predicted octanol–water partition coefficient (Wildman–Crippen LogP) is 2.59. The summed E-state index contributed by atoms with van der Waals surface area (Å²) >= 11 is 0. The molecule has 3 N–H and O–H groups in total. The smallest absolute Gasteiger partial charge is 0.335 e. The molecule has 0 unspecified atom stereocenters. The minimum Gasteiger partial charge on any atom is -0.478 e. The Kier molecular flexibility index (Phi) is 4.82. The fourth-order valence-corrected chi connectivity index (χ4v) is 1.75. The Labute approximate surface area is 102 Å². The molecule has 0 saturated heterocycles. The lowest BCUT2D eigenvalue weighted by molar-refractivity contribution is 0.0697. The number of benzene rings is 1. The monoisotopic (exact) mass is 236 g/mol. The molecule has 4 heteroatoms. The Hall–Kier alpha value is -1.71. The predicted molar refractivity (Wildman–Crippen MR) is 70.6 cm³/mol. The van der Waals surface area contributed by atoms with Gasteiger partial charge in [-0.05, 0) is 24.6 Å². The van der Waals surface area contributed by atoms with Crippen LogP contribution in [-0.4, -0.2) is 24.7 Å². The number of hydrogen-bond acceptors (Lipinski definition) is 3. The lowest BCUT2D eigenvalue weighted by Gasteiger charge is -2.21. The lowest BCUT2D eigenvalue weighted by Crippen LogP contribution is -2.20. The number of carboxylic acids is 1. The molecule has 0 aliphatic rings. The largest absolute Gasteiger partial charge is 0.478 e. The Morgan fingerprint density at radius 1 is 1.41 bits per heavy atom. The molecule has 0 aromatic heterocycles. The molecule has 1 aromatic rings. The Balaban J connectivity index is 2.74. The summed E-state index contributed by atoms with van der Waals surface area (Å²) in [6.07, 6.45) is 3.49. The molecule has 1 rings (SSSR count). The zero-order valence-corrected chi connectivity index (χ0v) is 10.4. The molecule has 0 heterocycles. The number of nitrogens with two attached hydrogens (primary N) is 1. The summed E-state index contributed by atoms with van der Waals surface area (Å²) in [4.78, 5) is 12.8. The number of carboxylic acid groups (broad SMARTS) is 1. The third kappa shape index (κ3) is 3.66. The van der Waals surface area contributed by atoms with E-state index < -0.39 is 5.97 Å². The second-order valence-corrected chi connectivity index (χ2v) is 4.21. The molecule has 0 aliphatic heterocycles. The summed E-state index contributed by atoms with van der Waals surface area (Å²) in [7, 11) is 1.97. The van der Waals surface area contributed by atoms with Crippen LogP contribution in [-0.2, 0) is 0 Å². The summed E-state index contributed by atoms with van der Waals surface area (Å²) in [5.41, 5.74) is 7.50. The van der Waals surface area contributed by atoms with Crippen LogP contribution in [0.2, 0.25) is 0 Å². The highest BCUT2D eigenvalue weighted by Crippen LogP contribution is 2.23. The molecule has 0 atom stereocenters. The Bertz CT molecular complexity index is 391. The third-order valence-electron chi connectivity index (χ3n) is 2.78. The van der Waals surface area contributed by atoms with Crippen molar-refractivity contribution in [2.75, 3.05) is 24.2 Å². The van der Waals surface area contributed by atoms with E-state index in [0.717, 1.165) is 18.7 Å². The number of carbonyl (C=O) groups is 1. The van der Waals surface area contributed by atoms with Crippen LogP contribution >= 0.6 is 0 Å². The summed E-state index contributed by atoms with van der Waals surface area (Å²) in [5, 5.41) is 8.84. The zero-order chi connectivity index (χ0) is 12.8. The first kappa shape index (κ1) is 13.4. The average molecular weight is 236 g/mol. The summed E-state index contributed by atoms with van der Waals surface area (Å²) in [5.74, 6) is -0.947. The van der Waals surface area contributed by atoms with Crippen LogP contribution in [0.5, 0.6) is 0 Å². The van der Waals surface area contributed by atoms with Gasteiger partial charge in [0.05, 0.1) is 16.9 Å². The first-order valence-electron chi connectivity index (χ1n) is 5.90. The van der Waals surface area contributed by atoms with Gasteiger partial charge in [-0.15, -0.1) is 0 Å². The molecule has 0 fully saturated rings. The number of rotatable bonds is 6. The molecule has 0 bridgehead atoms. The summed E-state index contributed by atoms with van der Waals surface area (Å²) in [6, 6.07) is 4.86. The van der Waals surface area contributed by atoms with Crippen LogP contribution in [0.3, 0.4) is 0 Å². The maximum absolute atomic E-state index is 10.8. The van der Waals surface area contributed by atoms with Crippen molar-refractivity contribution in [1.29, 1.82) is 0 Å². The number of aromatic carboxylic acids is 1. The number of unbranched alkanes of at least 4 members (excludes halogenated alkanes) is 2. The second-order valence-electron chi connectivity index (χ2n) is 4.21. The van der Waals surface area contributed by atoms with Crippen molar-refractivity contribution >= 4 is 17.3 Å². The van der Waals surface area contributed by atoms with Crippen LogP contribution < -0.4 is 10.6 Å². The van der Waals surface area contributed by atoms with Crippen LogP contribution in [0, 0.1) is 0 Å². The van der Waals surface area contributed by atoms with E-state index in [4.69, 9.17) is 10.8 Å². The van der Waals surface area contributed by atoms with E-state index in [9.17, 15) is 4.79 Å². The van der Waals surface area contributed by atoms with Gasteiger partial charge in [0.2, 0.25) is 0 Å². The van der Waals surface area contributed by atoms with Crippen molar-refractivity contribution < 1.29 is 9.90 Å². The van der Waals surface area contributed by atoms with Crippen molar-refractivity contribution in [2.24, 2.45) is 0 Å². The molecule has 0 saturated carbocycles. The highest BCUT2D eigenvalue weighted by atomic mass is 16.4. The van der Waals surface area contributed by atoms with Gasteiger partial charge in [0, 0.05) is 13.6 Å². The molecule has 1 aromatic carbocycles. The van der Waals surface area contributed by atoms with Gasteiger partial charge < -0.3 is 15.7 Å². The van der Waals surface area contributed by atoms with Gasteiger partial charge in [0.1, 0.15) is 0 Å². The van der Waals surface area contributed by atoms with Crippen molar-refractivity contribution in [2.45, 2.75) is 26.2 Å². The molecule has 17 heavy (non-hydrogen) atoms. The van der Waals surface area contributed by atoms with Crippen molar-refractivity contribution in [3.05, 3.63) is 23.8 Å². The van der Waals surface area contributed by atoms with Crippen molar-refractivity contribution in [3.63, 3.8) is 0 Å². The van der Waals surface area contributed by atoms with E-state index in [1.54, 1.807) is 12.1 Å². The second kappa shape index (κ2) is 6.13. The number of anilines is 2. The molecular formula is C13H20N2O2. The van der Waals surface area contributed by atoms with Crippen LogP contribution in [0.1, 0.15) is 36.5 Å². The molecule has 0 aliphatic carbocycles. The third-order valence-corrected chi connectivity index (χ3v) is 2.78. The topological polar surface area (TPSA) is 66.6 Å². The minimum atomic E-state index is -0.947. The normalized spacial score (nSPS) is 10.2. The highest BCUT2D eigenvalue weighted by molar-refractivity contribution is 5.90. The maximum Gasteiger partial charge on any atom is 0.335 e. The van der Waals surface area contributed by atoms with Gasteiger partial charge in [-0.25, -0.2) is 4.79 Å². The lowest BCUT2D eigenvalue weighted by atomic mass is 10.1. The van der Waals surface area contributed by atoms with E-state index in [1.165, 1.54) is 18.9 Å². The molecule has 0 radical (unpaired) electrons. The maximum atomic E-state index is 10.8. The van der Waals surface area contributed by atoms with Gasteiger partial charge in [-0.3, -0.25) is 0 Å². The van der Waals surface area contributed by atoms with E-state index in [1.807, 2.05) is 7.05 Å². The summed E-state index contributed by atoms with van der Waals surface area (Å²) < 4.78 is 0. The molecular weight excluding hydrogens is 216 g/mol. The fraction of sp³-hybridized carbons (Fsp3) is 0.462. The van der Waals surface area contributed by atoms with E-state index in [2.05, 4.69) is 11.8 Å². The molecule has 0 spiro atoms. The van der Waals surface area contributed by atoms with Gasteiger partial charge in [0.25, 0.3) is 0 Å². The van der Waals surface area contributed by atoms with Crippen LogP contribution in [0.25, 0.3) is 0 Å². The number of nitrogen functional groups attached to an aromatic ring is 1. The SMILES string of the molecule is CCCCCN(C)c1ccc(C(=O)O)cc1N. The number of nitrogens with zero attached hydrogens (tertiary/aromatic N) is 1. The van der Waals surface area contributed by atoms with Crippen molar-refractivity contribution in [1.82, 2.24) is 0 Å². The van der Waals surface area contributed by atoms with Gasteiger partial charge in [-0.2, -0.15) is 0 Å². The summed E-state index contributed by atoms with van der Waals surface area (Å²) in [6.45, 7) is 3.10. The zero-order valence-electron chi connectivity index (χ0n) is 10.4. The van der Waals surface area contributed by atoms with E-state index in [-0.39, 0.29) is 5.56 Å². The Morgan fingerprint density at radius 2 is 2.12 bits per heavy atom. The number of hydrogen-bond donors (Lipinski definition) is 2. The molecule has 4 nitrogen and oxygen atoms in total.